The smallest absolute Gasteiger partial charge is 0 e. The third kappa shape index (κ3) is 11.5. The first kappa shape index (κ1) is 25.2. The summed E-state index contributed by atoms with van der Waals surface area (Å²) in [7, 11) is 1.67. The van der Waals surface area contributed by atoms with Gasteiger partial charge in [0.05, 0.1) is 11.6 Å². The number of benzene rings is 1. The van der Waals surface area contributed by atoms with Gasteiger partial charge >= 0.3 is 33.9 Å². The van der Waals surface area contributed by atoms with Crippen LogP contribution in [0.2, 0.25) is 0 Å². The second-order valence-electron chi connectivity index (χ2n) is 2.09. The van der Waals surface area contributed by atoms with Crippen molar-refractivity contribution in [2.24, 2.45) is 0 Å². The summed E-state index contributed by atoms with van der Waals surface area (Å²) in [5, 5.41) is 0. The maximum Gasteiger partial charge on any atom is 0 e. The summed E-state index contributed by atoms with van der Waals surface area (Å²) >= 11 is 3.42. The van der Waals surface area contributed by atoms with Gasteiger partial charge < -0.3 is 4.74 Å². The molecular weight excluding hydrogens is 328 g/mol. The van der Waals surface area contributed by atoms with Gasteiger partial charge in [-0.05, 0) is 34.5 Å². The van der Waals surface area contributed by atoms with E-state index in [0.717, 1.165) is 10.2 Å². The zero-order chi connectivity index (χ0) is 13.6. The minimum absolute atomic E-state index is 0. The number of methoxy groups -OCH3 is 1. The molecule has 17 heavy (non-hydrogen) atoms. The fourth-order valence-corrected chi connectivity index (χ4v) is 1.20. The minimum Gasteiger partial charge on any atom is 0 e. The summed E-state index contributed by atoms with van der Waals surface area (Å²) in [5.74, 6) is 0.889. The van der Waals surface area contributed by atoms with Crippen molar-refractivity contribution in [2.75, 3.05) is 7.11 Å². The molecule has 4 nitrogen and oxygen atoms in total. The quantitative estimate of drug-likeness (QED) is 0.574. The Labute approximate surface area is 120 Å². The first-order valence-corrected chi connectivity index (χ1v) is 4.45. The zero-order valence-corrected chi connectivity index (χ0v) is 12.0. The molecule has 1 rings (SSSR count). The molecule has 0 N–H and O–H groups in total. The van der Waals surface area contributed by atoms with Crippen LogP contribution < -0.4 is 4.74 Å². The van der Waals surface area contributed by atoms with E-state index in [1.807, 2.05) is 25.1 Å². The Bertz CT molecular complexity index is 333. The summed E-state index contributed by atoms with van der Waals surface area (Å²) in [6.07, 6.45) is 0. The molecule has 6 heteroatoms. The van der Waals surface area contributed by atoms with E-state index < -0.39 is 0 Å². The predicted octanol–water partition coefficient (Wildman–Crippen LogP) is 2.65. The van der Waals surface area contributed by atoms with Crippen LogP contribution in [0.4, 0.5) is 0 Å². The van der Waals surface area contributed by atoms with E-state index >= 15 is 0 Å². The monoisotopic (exact) mass is 336 g/mol. The molecule has 0 amide bonds. The maximum absolute atomic E-state index is 7.50. The van der Waals surface area contributed by atoms with Crippen LogP contribution in [0.5, 0.6) is 5.75 Å². The van der Waals surface area contributed by atoms with Crippen LogP contribution in [0.3, 0.4) is 0 Å². The molecule has 0 heterocycles. The van der Waals surface area contributed by atoms with Gasteiger partial charge in [0.15, 0.2) is 0 Å². The molecular formula is C11H9BrCrO4. The molecule has 0 bridgehead atoms. The van der Waals surface area contributed by atoms with E-state index in [2.05, 4.69) is 35.9 Å². The van der Waals surface area contributed by atoms with E-state index in [-0.39, 0.29) is 17.4 Å². The van der Waals surface area contributed by atoms with Crippen LogP contribution in [-0.2, 0) is 31.3 Å². The molecule has 0 unspecified atom stereocenters. The number of hydrogen-bond donors (Lipinski definition) is 0. The summed E-state index contributed by atoms with van der Waals surface area (Å²) in [5.41, 5.74) is 1.19. The second kappa shape index (κ2) is 20.6. The van der Waals surface area contributed by atoms with Crippen molar-refractivity contribution >= 4 is 15.9 Å². The number of hydrogen-bond acceptors (Lipinski definition) is 1. The van der Waals surface area contributed by atoms with Gasteiger partial charge in [0.25, 0.3) is 0 Å². The Hall–Kier alpha value is -0.748. The molecule has 0 spiro atoms. The van der Waals surface area contributed by atoms with Crippen molar-refractivity contribution in [3.63, 3.8) is 0 Å². The molecule has 0 radical (unpaired) electrons. The van der Waals surface area contributed by atoms with Crippen LogP contribution >= 0.6 is 15.9 Å². The topological polar surface area (TPSA) is 68.9 Å². The molecule has 0 aliphatic carbocycles. The van der Waals surface area contributed by atoms with Crippen molar-refractivity contribution in [3.05, 3.63) is 48.2 Å². The Kier molecular flexibility index (Phi) is 30.6. The Balaban J connectivity index is -0.000000106. The average molecular weight is 337 g/mol. The third-order valence-corrected chi connectivity index (χ3v) is 2.39. The fourth-order valence-electron chi connectivity index (χ4n) is 0.778. The normalized spacial score (nSPS) is 5.94. The molecule has 0 aliphatic heterocycles. The van der Waals surface area contributed by atoms with Gasteiger partial charge in [-0.3, -0.25) is 0 Å². The number of halogens is 1. The van der Waals surface area contributed by atoms with E-state index in [1.54, 1.807) is 7.11 Å². The molecule has 0 atom stereocenters. The second-order valence-corrected chi connectivity index (χ2v) is 2.88. The fraction of sp³-hybridized carbons (Fsp3) is 0.182. The first-order valence-electron chi connectivity index (χ1n) is 3.66. The van der Waals surface area contributed by atoms with Crippen molar-refractivity contribution < 1.29 is 36.1 Å². The Morgan fingerprint density at radius 3 is 1.76 bits per heavy atom. The Morgan fingerprint density at radius 1 is 1.06 bits per heavy atom. The third-order valence-electron chi connectivity index (χ3n) is 1.38. The van der Waals surface area contributed by atoms with Gasteiger partial charge in [-0.15, -0.1) is 0 Å². The van der Waals surface area contributed by atoms with Crippen LogP contribution in [0.15, 0.2) is 22.7 Å². The van der Waals surface area contributed by atoms with Gasteiger partial charge in [0.2, 0.25) is 0 Å². The van der Waals surface area contributed by atoms with Crippen molar-refractivity contribution in [3.8, 4) is 5.75 Å². The molecule has 1 aromatic carbocycles. The predicted molar refractivity (Wildman–Crippen MR) is 57.2 cm³/mol. The van der Waals surface area contributed by atoms with Crippen molar-refractivity contribution in [1.82, 2.24) is 0 Å². The van der Waals surface area contributed by atoms with Crippen LogP contribution in [0, 0.1) is 26.9 Å². The van der Waals surface area contributed by atoms with Gasteiger partial charge in [-0.25, -0.2) is 0 Å². The van der Waals surface area contributed by atoms with E-state index in [1.165, 1.54) is 5.56 Å². The van der Waals surface area contributed by atoms with Crippen LogP contribution in [0.1, 0.15) is 5.56 Å². The van der Waals surface area contributed by atoms with Gasteiger partial charge in [0.1, 0.15) is 5.75 Å². The van der Waals surface area contributed by atoms with E-state index in [0.29, 0.717) is 0 Å². The van der Waals surface area contributed by atoms with E-state index in [9.17, 15) is 0 Å². The van der Waals surface area contributed by atoms with Crippen molar-refractivity contribution in [1.29, 1.82) is 0 Å². The van der Waals surface area contributed by atoms with Crippen molar-refractivity contribution in [2.45, 2.75) is 6.92 Å². The summed E-state index contributed by atoms with van der Waals surface area (Å²) in [6, 6.07) is 5.93. The van der Waals surface area contributed by atoms with Crippen LogP contribution in [-0.4, -0.2) is 7.11 Å². The average Bonchev–Trinajstić information content (AvgIpc) is 2.40. The van der Waals surface area contributed by atoms with Gasteiger partial charge in [-0.2, -0.15) is 0 Å². The molecule has 0 saturated carbocycles. The minimum atomic E-state index is 0. The van der Waals surface area contributed by atoms with Crippen LogP contribution in [0.25, 0.3) is 0 Å². The molecule has 90 valence electrons. The van der Waals surface area contributed by atoms with E-state index in [4.69, 9.17) is 18.7 Å². The van der Waals surface area contributed by atoms with Gasteiger partial charge in [0, 0.05) is 17.4 Å². The number of aryl methyl sites for hydroxylation is 1. The summed E-state index contributed by atoms with van der Waals surface area (Å²) in [4.78, 5) is 0. The Morgan fingerprint density at radius 2 is 1.47 bits per heavy atom. The molecule has 0 aromatic heterocycles. The molecule has 0 aliphatic rings. The molecule has 0 saturated heterocycles. The van der Waals surface area contributed by atoms with Gasteiger partial charge in [-0.1, -0.05) is 12.1 Å². The molecule has 1 aromatic rings. The number of rotatable bonds is 1. The molecule has 0 fully saturated rings. The number of ether oxygens (including phenoxy) is 1. The standard InChI is InChI=1S/C8H9BrO.3CO.Cr/c1-6-4-3-5-7(10-2)8(6)9;3*1-2;/h3-5H,1-2H3;;;;. The maximum atomic E-state index is 7.50. The summed E-state index contributed by atoms with van der Waals surface area (Å²) < 4.78 is 28.6. The SMILES string of the molecule is COc1cccc(C)c1Br.[C-]#[O+].[C-]#[O+].[C-]#[O+].[Cr]. The summed E-state index contributed by atoms with van der Waals surface area (Å²) in [6.45, 7) is 15.5. The zero-order valence-electron chi connectivity index (χ0n) is 9.15. The first-order chi connectivity index (χ1) is 7.75. The largest absolute Gasteiger partial charge is 0 e.